The number of aromatic carboxylic acids is 1. The molecule has 0 aliphatic heterocycles. The van der Waals surface area contributed by atoms with Gasteiger partial charge in [0.25, 0.3) is 10.0 Å². The number of carboxylic acids is 1. The lowest BCUT2D eigenvalue weighted by molar-refractivity contribution is 0.0697. The minimum absolute atomic E-state index is 0.00854. The van der Waals surface area contributed by atoms with Gasteiger partial charge in [-0.3, -0.25) is 4.72 Å². The molecule has 7 nitrogen and oxygen atoms in total. The second kappa shape index (κ2) is 5.17. The number of rotatable bonds is 4. The molecule has 2 aromatic rings. The number of nitrogen functional groups attached to an aromatic ring is 1. The highest BCUT2D eigenvalue weighted by molar-refractivity contribution is 7.92. The van der Waals surface area contributed by atoms with Crippen LogP contribution in [0.3, 0.4) is 0 Å². The summed E-state index contributed by atoms with van der Waals surface area (Å²) in [5, 5.41) is 8.84. The van der Waals surface area contributed by atoms with Crippen molar-refractivity contribution in [1.82, 2.24) is 4.98 Å². The fourth-order valence-corrected chi connectivity index (χ4v) is 2.46. The fraction of sp³-hybridized carbons (Fsp3) is 0. The van der Waals surface area contributed by atoms with Gasteiger partial charge in [0.05, 0.1) is 10.5 Å². The van der Waals surface area contributed by atoms with Gasteiger partial charge in [-0.05, 0) is 36.4 Å². The summed E-state index contributed by atoms with van der Waals surface area (Å²) >= 11 is 0. The number of nitrogens with one attached hydrogen (secondary N) is 1. The van der Waals surface area contributed by atoms with Gasteiger partial charge in [0, 0.05) is 11.9 Å². The molecule has 0 bridgehead atoms. The third-order valence-electron chi connectivity index (χ3n) is 2.44. The Bertz CT molecular complexity index is 742. The van der Waals surface area contributed by atoms with Crippen molar-refractivity contribution >= 4 is 27.5 Å². The summed E-state index contributed by atoms with van der Waals surface area (Å²) < 4.78 is 26.3. The summed E-state index contributed by atoms with van der Waals surface area (Å²) in [6, 6.07) is 8.00. The molecule has 0 spiro atoms. The molecule has 0 fully saturated rings. The SMILES string of the molecule is Nc1ccc(S(=O)(=O)Nc2cc(C(=O)O)ccn2)cc1. The third kappa shape index (κ3) is 3.04. The lowest BCUT2D eigenvalue weighted by atomic mass is 10.3. The van der Waals surface area contributed by atoms with Crippen LogP contribution in [0.2, 0.25) is 0 Å². The number of nitrogens with zero attached hydrogens (tertiary/aromatic N) is 1. The van der Waals surface area contributed by atoms with Crippen molar-refractivity contribution in [2.45, 2.75) is 4.90 Å². The molecule has 1 aromatic heterocycles. The van der Waals surface area contributed by atoms with Crippen LogP contribution in [-0.4, -0.2) is 24.5 Å². The summed E-state index contributed by atoms with van der Waals surface area (Å²) in [6.07, 6.45) is 1.21. The van der Waals surface area contributed by atoms with Crippen LogP contribution in [0.4, 0.5) is 11.5 Å². The van der Waals surface area contributed by atoms with E-state index in [1.807, 2.05) is 0 Å². The summed E-state index contributed by atoms with van der Waals surface area (Å²) in [5.74, 6) is -1.23. The molecular weight excluding hydrogens is 282 g/mol. The normalized spacial score (nSPS) is 11.0. The van der Waals surface area contributed by atoms with Gasteiger partial charge in [0.2, 0.25) is 0 Å². The molecule has 8 heteroatoms. The van der Waals surface area contributed by atoms with E-state index in [0.29, 0.717) is 5.69 Å². The zero-order valence-electron chi connectivity index (χ0n) is 10.1. The van der Waals surface area contributed by atoms with E-state index in [2.05, 4.69) is 9.71 Å². The Morgan fingerprint density at radius 2 is 1.85 bits per heavy atom. The molecule has 4 N–H and O–H groups in total. The molecule has 0 aliphatic carbocycles. The van der Waals surface area contributed by atoms with Gasteiger partial charge in [-0.1, -0.05) is 0 Å². The molecule has 104 valence electrons. The number of hydrogen-bond donors (Lipinski definition) is 3. The topological polar surface area (TPSA) is 122 Å². The van der Waals surface area contributed by atoms with Crippen LogP contribution >= 0.6 is 0 Å². The Morgan fingerprint density at radius 3 is 2.45 bits per heavy atom. The number of carbonyl (C=O) groups is 1. The van der Waals surface area contributed by atoms with E-state index in [1.54, 1.807) is 0 Å². The van der Waals surface area contributed by atoms with Crippen LogP contribution in [0.1, 0.15) is 10.4 Å². The number of pyridine rings is 1. The van der Waals surface area contributed by atoms with Gasteiger partial charge >= 0.3 is 5.97 Å². The average molecular weight is 293 g/mol. The van der Waals surface area contributed by atoms with Gasteiger partial charge in [0.15, 0.2) is 0 Å². The molecule has 0 saturated carbocycles. The highest BCUT2D eigenvalue weighted by Gasteiger charge is 2.15. The number of carboxylic acid groups (broad SMARTS) is 1. The fourth-order valence-electron chi connectivity index (χ4n) is 1.46. The molecular formula is C12H11N3O4S. The van der Waals surface area contributed by atoms with Gasteiger partial charge in [-0.25, -0.2) is 18.2 Å². The molecule has 0 unspecified atom stereocenters. The molecule has 1 heterocycles. The monoisotopic (exact) mass is 293 g/mol. The summed E-state index contributed by atoms with van der Waals surface area (Å²) in [4.78, 5) is 14.6. The maximum absolute atomic E-state index is 12.1. The highest BCUT2D eigenvalue weighted by Crippen LogP contribution is 2.16. The Hall–Kier alpha value is -2.61. The predicted molar refractivity (Wildman–Crippen MR) is 72.9 cm³/mol. The number of benzene rings is 1. The van der Waals surface area contributed by atoms with Crippen molar-refractivity contribution in [1.29, 1.82) is 0 Å². The first-order chi connectivity index (χ1) is 9.38. The first-order valence-electron chi connectivity index (χ1n) is 5.46. The quantitative estimate of drug-likeness (QED) is 0.727. The standard InChI is InChI=1S/C12H11N3O4S/c13-9-1-3-10(4-2-9)20(18,19)15-11-7-8(12(16)17)5-6-14-11/h1-7H,13H2,(H,14,15)(H,16,17). The second-order valence-electron chi connectivity index (χ2n) is 3.91. The van der Waals surface area contributed by atoms with E-state index in [0.717, 1.165) is 6.07 Å². The lowest BCUT2D eigenvalue weighted by Gasteiger charge is -2.07. The van der Waals surface area contributed by atoms with E-state index in [4.69, 9.17) is 10.8 Å². The first-order valence-corrected chi connectivity index (χ1v) is 6.94. The molecule has 0 saturated heterocycles. The molecule has 0 atom stereocenters. The zero-order chi connectivity index (χ0) is 14.8. The van der Waals surface area contributed by atoms with E-state index < -0.39 is 16.0 Å². The van der Waals surface area contributed by atoms with E-state index in [-0.39, 0.29) is 16.3 Å². The van der Waals surface area contributed by atoms with E-state index in [1.165, 1.54) is 36.5 Å². The molecule has 2 rings (SSSR count). The van der Waals surface area contributed by atoms with Crippen molar-refractivity contribution in [3.8, 4) is 0 Å². The van der Waals surface area contributed by atoms with Gasteiger partial charge in [0.1, 0.15) is 5.82 Å². The average Bonchev–Trinajstić information content (AvgIpc) is 2.39. The maximum atomic E-state index is 12.1. The van der Waals surface area contributed by atoms with Gasteiger partial charge in [-0.15, -0.1) is 0 Å². The number of nitrogens with two attached hydrogens (primary N) is 1. The molecule has 20 heavy (non-hydrogen) atoms. The van der Waals surface area contributed by atoms with Crippen LogP contribution in [0.25, 0.3) is 0 Å². The molecule has 0 radical (unpaired) electrons. The summed E-state index contributed by atoms with van der Waals surface area (Å²) in [5.41, 5.74) is 5.86. The van der Waals surface area contributed by atoms with Crippen molar-refractivity contribution in [3.63, 3.8) is 0 Å². The van der Waals surface area contributed by atoms with Crippen molar-refractivity contribution in [2.75, 3.05) is 10.5 Å². The molecule has 1 aromatic carbocycles. The Morgan fingerprint density at radius 1 is 1.20 bits per heavy atom. The van der Waals surface area contributed by atoms with Crippen LogP contribution in [-0.2, 0) is 10.0 Å². The smallest absolute Gasteiger partial charge is 0.335 e. The minimum Gasteiger partial charge on any atom is -0.478 e. The third-order valence-corrected chi connectivity index (χ3v) is 3.81. The summed E-state index contributed by atoms with van der Waals surface area (Å²) in [6.45, 7) is 0. The van der Waals surface area contributed by atoms with Crippen molar-refractivity contribution < 1.29 is 18.3 Å². The van der Waals surface area contributed by atoms with E-state index >= 15 is 0 Å². The van der Waals surface area contributed by atoms with Gasteiger partial charge in [-0.2, -0.15) is 0 Å². The minimum atomic E-state index is -3.83. The maximum Gasteiger partial charge on any atom is 0.335 e. The number of sulfonamides is 1. The van der Waals surface area contributed by atoms with Crippen molar-refractivity contribution in [3.05, 3.63) is 48.2 Å². The zero-order valence-corrected chi connectivity index (χ0v) is 11.0. The first kappa shape index (κ1) is 13.8. The lowest BCUT2D eigenvalue weighted by Crippen LogP contribution is -2.14. The summed E-state index contributed by atoms with van der Waals surface area (Å²) in [7, 11) is -3.83. The number of anilines is 2. The Labute approximate surface area is 115 Å². The largest absolute Gasteiger partial charge is 0.478 e. The molecule has 0 amide bonds. The highest BCUT2D eigenvalue weighted by atomic mass is 32.2. The second-order valence-corrected chi connectivity index (χ2v) is 5.59. The Balaban J connectivity index is 2.31. The van der Waals surface area contributed by atoms with Crippen LogP contribution < -0.4 is 10.5 Å². The number of hydrogen-bond acceptors (Lipinski definition) is 5. The number of aromatic nitrogens is 1. The van der Waals surface area contributed by atoms with Crippen LogP contribution in [0, 0.1) is 0 Å². The van der Waals surface area contributed by atoms with Crippen molar-refractivity contribution in [2.24, 2.45) is 0 Å². The Kier molecular flexibility index (Phi) is 3.57. The van der Waals surface area contributed by atoms with Crippen LogP contribution in [0.5, 0.6) is 0 Å². The van der Waals surface area contributed by atoms with E-state index in [9.17, 15) is 13.2 Å². The van der Waals surface area contributed by atoms with Crippen LogP contribution in [0.15, 0.2) is 47.5 Å². The predicted octanol–water partition coefficient (Wildman–Crippen LogP) is 1.16. The van der Waals surface area contributed by atoms with Gasteiger partial charge < -0.3 is 10.8 Å². The molecule has 0 aliphatic rings.